The lowest BCUT2D eigenvalue weighted by Crippen LogP contribution is -1.99. The third-order valence-electron chi connectivity index (χ3n) is 2.73. The number of aromatic hydroxyl groups is 1. The molecule has 106 valence electrons. The molecule has 20 heavy (non-hydrogen) atoms. The number of benzene rings is 1. The van der Waals surface area contributed by atoms with Gasteiger partial charge >= 0.3 is 0 Å². The molecule has 0 radical (unpaired) electrons. The van der Waals surface area contributed by atoms with Gasteiger partial charge in [0.05, 0.1) is 37.9 Å². The molecule has 0 amide bonds. The van der Waals surface area contributed by atoms with Crippen LogP contribution in [0.15, 0.2) is 23.4 Å². The van der Waals surface area contributed by atoms with Gasteiger partial charge in [0.2, 0.25) is 5.95 Å². The van der Waals surface area contributed by atoms with Crippen molar-refractivity contribution >= 4 is 12.2 Å². The Hall–Kier alpha value is -2.70. The van der Waals surface area contributed by atoms with Crippen LogP contribution in [0.3, 0.4) is 0 Å². The van der Waals surface area contributed by atoms with E-state index in [0.29, 0.717) is 17.1 Å². The van der Waals surface area contributed by atoms with Crippen molar-refractivity contribution in [3.63, 3.8) is 0 Å². The van der Waals surface area contributed by atoms with Crippen LogP contribution in [0.4, 0.5) is 5.95 Å². The summed E-state index contributed by atoms with van der Waals surface area (Å²) >= 11 is 0. The smallest absolute Gasteiger partial charge is 0.221 e. The predicted octanol–water partition coefficient (Wildman–Crippen LogP) is 1.38. The van der Waals surface area contributed by atoms with Crippen molar-refractivity contribution in [2.45, 2.75) is 6.92 Å². The summed E-state index contributed by atoms with van der Waals surface area (Å²) in [4.78, 5) is 4.03. The molecular formula is C13H16N4O3. The van der Waals surface area contributed by atoms with E-state index in [-0.39, 0.29) is 11.7 Å². The van der Waals surface area contributed by atoms with Gasteiger partial charge in [-0.15, -0.1) is 0 Å². The number of ether oxygens (including phenoxy) is 2. The van der Waals surface area contributed by atoms with Crippen LogP contribution in [-0.4, -0.2) is 35.2 Å². The fourth-order valence-corrected chi connectivity index (χ4v) is 1.75. The van der Waals surface area contributed by atoms with Gasteiger partial charge in [-0.05, 0) is 19.1 Å². The van der Waals surface area contributed by atoms with Crippen LogP contribution in [-0.2, 0) is 0 Å². The molecule has 0 unspecified atom stereocenters. The van der Waals surface area contributed by atoms with Gasteiger partial charge in [0.1, 0.15) is 5.75 Å². The minimum Gasteiger partial charge on any atom is -0.504 e. The van der Waals surface area contributed by atoms with E-state index in [1.807, 2.05) is 6.92 Å². The zero-order valence-corrected chi connectivity index (χ0v) is 11.5. The van der Waals surface area contributed by atoms with Gasteiger partial charge in [0.15, 0.2) is 11.5 Å². The third-order valence-corrected chi connectivity index (χ3v) is 2.73. The normalized spacial score (nSPS) is 10.9. The summed E-state index contributed by atoms with van der Waals surface area (Å²) in [6, 6.07) is 3.30. The average Bonchev–Trinajstić information content (AvgIpc) is 2.75. The first-order valence-corrected chi connectivity index (χ1v) is 5.86. The molecule has 0 fully saturated rings. The molecule has 0 aliphatic heterocycles. The van der Waals surface area contributed by atoms with Crippen LogP contribution in [0, 0.1) is 6.92 Å². The summed E-state index contributed by atoms with van der Waals surface area (Å²) in [6.45, 7) is 1.81. The molecule has 7 nitrogen and oxygen atoms in total. The van der Waals surface area contributed by atoms with Crippen LogP contribution in [0.2, 0.25) is 0 Å². The first-order chi connectivity index (χ1) is 9.56. The van der Waals surface area contributed by atoms with Gasteiger partial charge in [-0.2, -0.15) is 5.10 Å². The maximum absolute atomic E-state index is 10.1. The number of nitrogen functional groups attached to an aromatic ring is 1. The van der Waals surface area contributed by atoms with Crippen molar-refractivity contribution in [3.8, 4) is 17.2 Å². The van der Waals surface area contributed by atoms with E-state index in [2.05, 4.69) is 10.1 Å². The fraction of sp³-hybridized carbons (Fsp3) is 0.231. The maximum Gasteiger partial charge on any atom is 0.221 e. The number of nitrogens with zero attached hydrogens (tertiary/aromatic N) is 3. The number of aryl methyl sites for hydroxylation is 1. The monoisotopic (exact) mass is 276 g/mol. The van der Waals surface area contributed by atoms with Crippen LogP contribution in [0.5, 0.6) is 17.2 Å². The third kappa shape index (κ3) is 2.51. The second-order valence-electron chi connectivity index (χ2n) is 4.06. The number of hydrogen-bond donors (Lipinski definition) is 2. The Morgan fingerprint density at radius 1 is 1.30 bits per heavy atom. The molecule has 0 saturated heterocycles. The van der Waals surface area contributed by atoms with Gasteiger partial charge in [-0.25, -0.2) is 9.66 Å². The minimum absolute atomic E-state index is 0.0500. The summed E-state index contributed by atoms with van der Waals surface area (Å²) < 4.78 is 11.7. The molecule has 3 N–H and O–H groups in total. The summed E-state index contributed by atoms with van der Waals surface area (Å²) in [7, 11) is 2.98. The number of nitrogens with two attached hydrogens (primary N) is 1. The van der Waals surface area contributed by atoms with Crippen molar-refractivity contribution in [3.05, 3.63) is 29.6 Å². The first kappa shape index (κ1) is 13.7. The average molecular weight is 276 g/mol. The Bertz CT molecular complexity index is 649. The molecule has 7 heteroatoms. The van der Waals surface area contributed by atoms with Crippen molar-refractivity contribution in [2.75, 3.05) is 20.0 Å². The molecular weight excluding hydrogens is 260 g/mol. The summed E-state index contributed by atoms with van der Waals surface area (Å²) in [6.07, 6.45) is 3.11. The van der Waals surface area contributed by atoms with Crippen molar-refractivity contribution in [1.29, 1.82) is 0 Å². The van der Waals surface area contributed by atoms with Crippen molar-refractivity contribution in [1.82, 2.24) is 9.66 Å². The number of methoxy groups -OCH3 is 2. The highest BCUT2D eigenvalue weighted by atomic mass is 16.5. The second-order valence-corrected chi connectivity index (χ2v) is 4.06. The summed E-state index contributed by atoms with van der Waals surface area (Å²) in [5.74, 6) is 1.02. The van der Waals surface area contributed by atoms with E-state index >= 15 is 0 Å². The largest absolute Gasteiger partial charge is 0.504 e. The van der Waals surface area contributed by atoms with E-state index in [1.165, 1.54) is 25.1 Å². The number of imidazole rings is 1. The zero-order chi connectivity index (χ0) is 14.7. The SMILES string of the molecule is COc1ccc(OC)c(C=Nn2cc(C)nc2N)c1O. The molecule has 0 atom stereocenters. The van der Waals surface area contributed by atoms with Gasteiger partial charge in [0.25, 0.3) is 0 Å². The van der Waals surface area contributed by atoms with Crippen LogP contribution < -0.4 is 15.2 Å². The molecule has 0 aliphatic rings. The number of rotatable bonds is 4. The van der Waals surface area contributed by atoms with Crippen molar-refractivity contribution in [2.24, 2.45) is 5.10 Å². The fourth-order valence-electron chi connectivity index (χ4n) is 1.75. The van der Waals surface area contributed by atoms with Crippen LogP contribution >= 0.6 is 0 Å². The Balaban J connectivity index is 2.44. The van der Waals surface area contributed by atoms with Gasteiger partial charge in [0, 0.05) is 0 Å². The lowest BCUT2D eigenvalue weighted by atomic mass is 10.2. The van der Waals surface area contributed by atoms with E-state index in [0.717, 1.165) is 5.69 Å². The molecule has 0 aliphatic carbocycles. The second kappa shape index (κ2) is 5.52. The number of anilines is 1. The van der Waals surface area contributed by atoms with Crippen LogP contribution in [0.1, 0.15) is 11.3 Å². The molecule has 1 aromatic heterocycles. The molecule has 2 rings (SSSR count). The number of phenolic OH excluding ortho intramolecular Hbond substituents is 1. The molecule has 2 aromatic rings. The molecule has 1 aromatic carbocycles. The molecule has 0 saturated carbocycles. The van der Waals surface area contributed by atoms with Crippen LogP contribution in [0.25, 0.3) is 0 Å². The number of aromatic nitrogens is 2. The molecule has 1 heterocycles. The Morgan fingerprint density at radius 2 is 1.95 bits per heavy atom. The Kier molecular flexibility index (Phi) is 3.79. The topological polar surface area (TPSA) is 94.9 Å². The highest BCUT2D eigenvalue weighted by molar-refractivity contribution is 5.88. The predicted molar refractivity (Wildman–Crippen MR) is 75.6 cm³/mol. The quantitative estimate of drug-likeness (QED) is 0.822. The number of hydrogen-bond acceptors (Lipinski definition) is 6. The lowest BCUT2D eigenvalue weighted by Gasteiger charge is -2.10. The Labute approximate surface area is 116 Å². The first-order valence-electron chi connectivity index (χ1n) is 5.86. The summed E-state index contributed by atoms with van der Waals surface area (Å²) in [5.41, 5.74) is 6.84. The minimum atomic E-state index is -0.0500. The van der Waals surface area contributed by atoms with Gasteiger partial charge < -0.3 is 20.3 Å². The molecule has 0 spiro atoms. The standard InChI is InChI=1S/C13H16N4O3/c1-8-7-17(13(14)16-8)15-6-9-10(19-2)4-5-11(20-3)12(9)18/h4-7,18H,1-3H3,(H2,14,16). The highest BCUT2D eigenvalue weighted by Crippen LogP contribution is 2.35. The van der Waals surface area contributed by atoms with E-state index in [1.54, 1.807) is 18.3 Å². The summed E-state index contributed by atoms with van der Waals surface area (Å²) in [5, 5.41) is 14.3. The lowest BCUT2D eigenvalue weighted by molar-refractivity contribution is 0.365. The highest BCUT2D eigenvalue weighted by Gasteiger charge is 2.12. The van der Waals surface area contributed by atoms with E-state index in [4.69, 9.17) is 15.2 Å². The zero-order valence-electron chi connectivity index (χ0n) is 11.5. The molecule has 0 bridgehead atoms. The van der Waals surface area contributed by atoms with Crippen molar-refractivity contribution < 1.29 is 14.6 Å². The van der Waals surface area contributed by atoms with E-state index in [9.17, 15) is 5.11 Å². The Morgan fingerprint density at radius 3 is 2.50 bits per heavy atom. The maximum atomic E-state index is 10.1. The number of phenols is 1. The van der Waals surface area contributed by atoms with Gasteiger partial charge in [-0.1, -0.05) is 0 Å². The van der Waals surface area contributed by atoms with E-state index < -0.39 is 0 Å². The van der Waals surface area contributed by atoms with Gasteiger partial charge in [-0.3, -0.25) is 0 Å².